The molecule has 0 radical (unpaired) electrons. The number of carbonyl (C=O) groups excluding carboxylic acids is 1. The van der Waals surface area contributed by atoms with Crippen molar-refractivity contribution in [2.45, 2.75) is 53.0 Å². The molecule has 1 aromatic rings. The van der Waals surface area contributed by atoms with Gasteiger partial charge >= 0.3 is 0 Å². The quantitative estimate of drug-likeness (QED) is 0.796. The van der Waals surface area contributed by atoms with Crippen molar-refractivity contribution in [3.63, 3.8) is 0 Å². The Morgan fingerprint density at radius 3 is 2.50 bits per heavy atom. The number of rotatable bonds is 7. The van der Waals surface area contributed by atoms with Gasteiger partial charge in [-0.1, -0.05) is 13.8 Å². The fraction of sp³-hybridized carbons (Fsp3) is 0.733. The first-order chi connectivity index (χ1) is 9.35. The molecule has 0 aromatic carbocycles. The molecular weight excluding hydrogens is 254 g/mol. The Labute approximate surface area is 121 Å². The first kappa shape index (κ1) is 16.7. The Bertz CT molecular complexity index is 452. The number of nitrogens with zero attached hydrogens (tertiary/aromatic N) is 2. The van der Waals surface area contributed by atoms with Gasteiger partial charge in [-0.15, -0.1) is 0 Å². The van der Waals surface area contributed by atoms with E-state index in [1.165, 1.54) is 0 Å². The maximum absolute atomic E-state index is 11.9. The molecule has 0 aliphatic carbocycles. The average molecular weight is 281 g/mol. The SMILES string of the molecule is Cc1nn(C)c(C)c1CCC(=O)NC(CO)CC(C)C. The van der Waals surface area contributed by atoms with Gasteiger partial charge in [-0.05, 0) is 38.2 Å². The number of amides is 1. The van der Waals surface area contributed by atoms with Crippen molar-refractivity contribution in [1.29, 1.82) is 0 Å². The van der Waals surface area contributed by atoms with Crippen LogP contribution in [0.25, 0.3) is 0 Å². The van der Waals surface area contributed by atoms with Crippen LogP contribution in [-0.2, 0) is 18.3 Å². The number of hydrogen-bond acceptors (Lipinski definition) is 3. The predicted octanol–water partition coefficient (Wildman–Crippen LogP) is 1.49. The summed E-state index contributed by atoms with van der Waals surface area (Å²) in [5.41, 5.74) is 3.24. The zero-order chi connectivity index (χ0) is 15.3. The lowest BCUT2D eigenvalue weighted by Crippen LogP contribution is -2.38. The second-order valence-electron chi connectivity index (χ2n) is 5.85. The first-order valence-corrected chi connectivity index (χ1v) is 7.24. The minimum Gasteiger partial charge on any atom is -0.394 e. The van der Waals surface area contributed by atoms with E-state index >= 15 is 0 Å². The van der Waals surface area contributed by atoms with Gasteiger partial charge in [0.05, 0.1) is 18.3 Å². The smallest absolute Gasteiger partial charge is 0.220 e. The molecule has 1 aromatic heterocycles. The monoisotopic (exact) mass is 281 g/mol. The van der Waals surface area contributed by atoms with E-state index in [-0.39, 0.29) is 18.6 Å². The van der Waals surface area contributed by atoms with Crippen molar-refractivity contribution in [2.24, 2.45) is 13.0 Å². The third kappa shape index (κ3) is 4.63. The number of aliphatic hydroxyl groups is 1. The zero-order valence-corrected chi connectivity index (χ0v) is 13.2. The molecular formula is C15H27N3O2. The van der Waals surface area contributed by atoms with Gasteiger partial charge in [0.15, 0.2) is 0 Å². The van der Waals surface area contributed by atoms with Crippen molar-refractivity contribution in [1.82, 2.24) is 15.1 Å². The van der Waals surface area contributed by atoms with Gasteiger partial charge in [0.1, 0.15) is 0 Å². The van der Waals surface area contributed by atoms with E-state index in [0.717, 1.165) is 23.4 Å². The molecule has 0 spiro atoms. The summed E-state index contributed by atoms with van der Waals surface area (Å²) in [6.45, 7) is 8.14. The van der Waals surface area contributed by atoms with E-state index in [2.05, 4.69) is 24.3 Å². The van der Waals surface area contributed by atoms with Crippen LogP contribution in [0, 0.1) is 19.8 Å². The van der Waals surface area contributed by atoms with Crippen LogP contribution in [0.5, 0.6) is 0 Å². The number of aliphatic hydroxyl groups excluding tert-OH is 1. The Hall–Kier alpha value is -1.36. The topological polar surface area (TPSA) is 67.2 Å². The molecule has 1 amide bonds. The number of nitrogens with one attached hydrogen (secondary N) is 1. The van der Waals surface area contributed by atoms with Crippen molar-refractivity contribution in [3.05, 3.63) is 17.0 Å². The van der Waals surface area contributed by atoms with Crippen LogP contribution < -0.4 is 5.32 Å². The maximum atomic E-state index is 11.9. The second kappa shape index (κ2) is 7.43. The van der Waals surface area contributed by atoms with Crippen LogP contribution in [0.1, 0.15) is 43.6 Å². The molecule has 0 saturated carbocycles. The molecule has 0 aliphatic heterocycles. The Balaban J connectivity index is 2.50. The molecule has 5 heteroatoms. The largest absolute Gasteiger partial charge is 0.394 e. The average Bonchev–Trinajstić information content (AvgIpc) is 2.60. The van der Waals surface area contributed by atoms with E-state index < -0.39 is 0 Å². The Morgan fingerprint density at radius 1 is 1.40 bits per heavy atom. The first-order valence-electron chi connectivity index (χ1n) is 7.24. The Morgan fingerprint density at radius 2 is 2.05 bits per heavy atom. The van der Waals surface area contributed by atoms with Crippen LogP contribution >= 0.6 is 0 Å². The molecule has 114 valence electrons. The summed E-state index contributed by atoms with van der Waals surface area (Å²) in [5, 5.41) is 16.5. The van der Waals surface area contributed by atoms with Crippen molar-refractivity contribution in [3.8, 4) is 0 Å². The van der Waals surface area contributed by atoms with Crippen LogP contribution in [-0.4, -0.2) is 33.4 Å². The number of aryl methyl sites for hydroxylation is 2. The summed E-state index contributed by atoms with van der Waals surface area (Å²) in [7, 11) is 1.91. The molecule has 2 N–H and O–H groups in total. The molecule has 1 rings (SSSR count). The van der Waals surface area contributed by atoms with E-state index in [1.807, 2.05) is 25.6 Å². The summed E-state index contributed by atoms with van der Waals surface area (Å²) in [6.07, 6.45) is 1.92. The van der Waals surface area contributed by atoms with E-state index in [1.54, 1.807) is 0 Å². The van der Waals surface area contributed by atoms with Gasteiger partial charge in [-0.2, -0.15) is 5.10 Å². The van der Waals surface area contributed by atoms with Gasteiger partial charge in [0.2, 0.25) is 5.91 Å². The minimum absolute atomic E-state index is 0.00509. The lowest BCUT2D eigenvalue weighted by atomic mass is 10.0. The van der Waals surface area contributed by atoms with Gasteiger partial charge in [0, 0.05) is 19.2 Å². The summed E-state index contributed by atoms with van der Waals surface area (Å²) in [4.78, 5) is 11.9. The summed E-state index contributed by atoms with van der Waals surface area (Å²) in [5.74, 6) is 0.447. The zero-order valence-electron chi connectivity index (χ0n) is 13.2. The van der Waals surface area contributed by atoms with Crippen molar-refractivity contribution < 1.29 is 9.90 Å². The summed E-state index contributed by atoms with van der Waals surface area (Å²) < 4.78 is 1.85. The number of carbonyl (C=O) groups is 1. The Kier molecular flexibility index (Phi) is 6.20. The molecule has 0 saturated heterocycles. The van der Waals surface area contributed by atoms with Gasteiger partial charge in [-0.3, -0.25) is 9.48 Å². The molecule has 0 fully saturated rings. The third-order valence-electron chi connectivity index (χ3n) is 3.60. The summed E-state index contributed by atoms with van der Waals surface area (Å²) >= 11 is 0. The fourth-order valence-electron chi connectivity index (χ4n) is 2.47. The van der Waals surface area contributed by atoms with Crippen molar-refractivity contribution >= 4 is 5.91 Å². The minimum atomic E-state index is -0.140. The molecule has 1 unspecified atom stereocenters. The van der Waals surface area contributed by atoms with Crippen LogP contribution in [0.2, 0.25) is 0 Å². The highest BCUT2D eigenvalue weighted by Gasteiger charge is 2.15. The van der Waals surface area contributed by atoms with Crippen LogP contribution in [0.15, 0.2) is 0 Å². The van der Waals surface area contributed by atoms with Crippen molar-refractivity contribution in [2.75, 3.05) is 6.61 Å². The van der Waals surface area contributed by atoms with Gasteiger partial charge < -0.3 is 10.4 Å². The van der Waals surface area contributed by atoms with Gasteiger partial charge in [0.25, 0.3) is 0 Å². The molecule has 20 heavy (non-hydrogen) atoms. The predicted molar refractivity (Wildman–Crippen MR) is 79.5 cm³/mol. The number of aromatic nitrogens is 2. The second-order valence-corrected chi connectivity index (χ2v) is 5.85. The maximum Gasteiger partial charge on any atom is 0.220 e. The van der Waals surface area contributed by atoms with E-state index in [4.69, 9.17) is 0 Å². The van der Waals surface area contributed by atoms with Crippen LogP contribution in [0.4, 0.5) is 0 Å². The lowest BCUT2D eigenvalue weighted by molar-refractivity contribution is -0.122. The fourth-order valence-corrected chi connectivity index (χ4v) is 2.47. The summed E-state index contributed by atoms with van der Waals surface area (Å²) in [6, 6.07) is -0.140. The third-order valence-corrected chi connectivity index (χ3v) is 3.60. The molecule has 1 heterocycles. The lowest BCUT2D eigenvalue weighted by Gasteiger charge is -2.18. The van der Waals surface area contributed by atoms with Crippen LogP contribution in [0.3, 0.4) is 0 Å². The number of hydrogen-bond donors (Lipinski definition) is 2. The van der Waals surface area contributed by atoms with E-state index in [0.29, 0.717) is 18.8 Å². The molecule has 0 bridgehead atoms. The molecule has 0 aliphatic rings. The highest BCUT2D eigenvalue weighted by atomic mass is 16.3. The molecule has 5 nitrogen and oxygen atoms in total. The highest BCUT2D eigenvalue weighted by Crippen LogP contribution is 2.14. The normalized spacial score (nSPS) is 12.8. The van der Waals surface area contributed by atoms with E-state index in [9.17, 15) is 9.90 Å². The highest BCUT2D eigenvalue weighted by molar-refractivity contribution is 5.76. The standard InChI is InChI=1S/C15H27N3O2/c1-10(2)8-13(9-19)16-15(20)7-6-14-11(3)17-18(5)12(14)4/h10,13,19H,6-9H2,1-5H3,(H,16,20). The molecule has 1 atom stereocenters. The van der Waals surface area contributed by atoms with Gasteiger partial charge in [-0.25, -0.2) is 0 Å².